The average molecular weight is 195 g/mol. The molecule has 1 aromatic rings. The summed E-state index contributed by atoms with van der Waals surface area (Å²) in [5, 5.41) is 8.83. The van der Waals surface area contributed by atoms with Crippen molar-refractivity contribution in [1.82, 2.24) is 0 Å². The van der Waals surface area contributed by atoms with Gasteiger partial charge in [-0.2, -0.15) is 0 Å². The van der Waals surface area contributed by atoms with E-state index in [0.29, 0.717) is 17.0 Å². The number of carboxylic acids is 1. The molecule has 1 atom stereocenters. The van der Waals surface area contributed by atoms with Crippen LogP contribution in [0.4, 0.5) is 5.69 Å². The molecule has 4 heteroatoms. The van der Waals surface area contributed by atoms with E-state index in [0.717, 1.165) is 0 Å². The predicted octanol–water partition coefficient (Wildman–Crippen LogP) is 1.47. The van der Waals surface area contributed by atoms with Crippen molar-refractivity contribution in [1.29, 1.82) is 0 Å². The third kappa shape index (κ3) is 1.79. The van der Waals surface area contributed by atoms with Crippen molar-refractivity contribution >= 4 is 11.7 Å². The number of anilines is 1. The van der Waals surface area contributed by atoms with Crippen LogP contribution in [0.25, 0.3) is 0 Å². The SMILES string of the molecule is COc1cccc(C(C)C(=O)O)c1N. The largest absolute Gasteiger partial charge is 0.495 e. The van der Waals surface area contributed by atoms with E-state index in [1.807, 2.05) is 0 Å². The Morgan fingerprint density at radius 1 is 1.57 bits per heavy atom. The minimum Gasteiger partial charge on any atom is -0.495 e. The number of hydrogen-bond acceptors (Lipinski definition) is 3. The molecule has 1 unspecified atom stereocenters. The topological polar surface area (TPSA) is 72.5 Å². The number of hydrogen-bond donors (Lipinski definition) is 2. The van der Waals surface area contributed by atoms with E-state index in [2.05, 4.69) is 0 Å². The summed E-state index contributed by atoms with van der Waals surface area (Å²) in [4.78, 5) is 10.8. The minimum absolute atomic E-state index is 0.393. The Morgan fingerprint density at radius 3 is 2.71 bits per heavy atom. The molecule has 0 bridgehead atoms. The van der Waals surface area contributed by atoms with Gasteiger partial charge in [0.05, 0.1) is 18.7 Å². The van der Waals surface area contributed by atoms with Gasteiger partial charge in [-0.3, -0.25) is 4.79 Å². The zero-order chi connectivity index (χ0) is 10.7. The lowest BCUT2D eigenvalue weighted by atomic mass is 9.99. The second-order valence-corrected chi connectivity index (χ2v) is 3.02. The zero-order valence-corrected chi connectivity index (χ0v) is 8.15. The number of rotatable bonds is 3. The van der Waals surface area contributed by atoms with Gasteiger partial charge in [0.15, 0.2) is 0 Å². The molecule has 0 aliphatic heterocycles. The molecule has 3 N–H and O–H groups in total. The van der Waals surface area contributed by atoms with Gasteiger partial charge in [-0.25, -0.2) is 0 Å². The van der Waals surface area contributed by atoms with E-state index in [1.165, 1.54) is 7.11 Å². The Kier molecular flexibility index (Phi) is 2.96. The Hall–Kier alpha value is -1.71. The molecule has 0 radical (unpaired) electrons. The van der Waals surface area contributed by atoms with Crippen LogP contribution in [0.3, 0.4) is 0 Å². The Bertz CT molecular complexity index is 349. The summed E-state index contributed by atoms with van der Waals surface area (Å²) in [6.07, 6.45) is 0. The first kappa shape index (κ1) is 10.4. The second-order valence-electron chi connectivity index (χ2n) is 3.02. The number of carbonyl (C=O) groups is 1. The highest BCUT2D eigenvalue weighted by atomic mass is 16.5. The van der Waals surface area contributed by atoms with E-state index in [-0.39, 0.29) is 0 Å². The van der Waals surface area contributed by atoms with Gasteiger partial charge in [-0.05, 0) is 18.6 Å². The summed E-state index contributed by atoms with van der Waals surface area (Å²) in [7, 11) is 1.50. The second kappa shape index (κ2) is 4.00. The van der Waals surface area contributed by atoms with Crippen molar-refractivity contribution in [2.24, 2.45) is 0 Å². The Labute approximate surface area is 82.3 Å². The molecule has 0 aliphatic rings. The quantitative estimate of drug-likeness (QED) is 0.716. The molecule has 4 nitrogen and oxygen atoms in total. The highest BCUT2D eigenvalue weighted by Gasteiger charge is 2.17. The van der Waals surface area contributed by atoms with Crippen LogP contribution in [-0.2, 0) is 4.79 Å². The van der Waals surface area contributed by atoms with Crippen LogP contribution in [0.2, 0.25) is 0 Å². The molecular formula is C10H13NO3. The molecule has 0 aliphatic carbocycles. The van der Waals surface area contributed by atoms with Gasteiger partial charge in [0.25, 0.3) is 0 Å². The average Bonchev–Trinajstić information content (AvgIpc) is 2.17. The maximum atomic E-state index is 10.8. The molecule has 0 saturated heterocycles. The van der Waals surface area contributed by atoms with E-state index < -0.39 is 11.9 Å². The first-order chi connectivity index (χ1) is 6.57. The van der Waals surface area contributed by atoms with Crippen LogP contribution in [0.15, 0.2) is 18.2 Å². The number of methoxy groups -OCH3 is 1. The molecule has 0 saturated carbocycles. The molecule has 14 heavy (non-hydrogen) atoms. The van der Waals surface area contributed by atoms with Crippen LogP contribution in [0, 0.1) is 0 Å². The molecule has 1 rings (SSSR count). The number of aliphatic carboxylic acids is 1. The van der Waals surface area contributed by atoms with Crippen LogP contribution in [0.1, 0.15) is 18.4 Å². The van der Waals surface area contributed by atoms with Crippen LogP contribution >= 0.6 is 0 Å². The van der Waals surface area contributed by atoms with Gasteiger partial charge in [-0.1, -0.05) is 12.1 Å². The molecule has 0 heterocycles. The smallest absolute Gasteiger partial charge is 0.310 e. The first-order valence-electron chi connectivity index (χ1n) is 4.23. The molecule has 0 fully saturated rings. The van der Waals surface area contributed by atoms with Crippen molar-refractivity contribution in [3.63, 3.8) is 0 Å². The Balaban J connectivity index is 3.15. The fraction of sp³-hybridized carbons (Fsp3) is 0.300. The summed E-state index contributed by atoms with van der Waals surface area (Å²) in [5.74, 6) is -1.01. The van der Waals surface area contributed by atoms with E-state index in [4.69, 9.17) is 15.6 Å². The fourth-order valence-electron chi connectivity index (χ4n) is 1.25. The molecule has 0 aromatic heterocycles. The number of benzene rings is 1. The first-order valence-corrected chi connectivity index (χ1v) is 4.23. The van der Waals surface area contributed by atoms with Crippen molar-refractivity contribution < 1.29 is 14.6 Å². The summed E-state index contributed by atoms with van der Waals surface area (Å²) in [6, 6.07) is 5.12. The van der Waals surface area contributed by atoms with Crippen molar-refractivity contribution in [3.8, 4) is 5.75 Å². The number of nitrogen functional groups attached to an aromatic ring is 1. The third-order valence-corrected chi connectivity index (χ3v) is 2.16. The lowest BCUT2D eigenvalue weighted by molar-refractivity contribution is -0.138. The summed E-state index contributed by atoms with van der Waals surface area (Å²) in [6.45, 7) is 1.59. The van der Waals surface area contributed by atoms with Crippen molar-refractivity contribution in [3.05, 3.63) is 23.8 Å². The van der Waals surface area contributed by atoms with Crippen molar-refractivity contribution in [2.75, 3.05) is 12.8 Å². The molecule has 0 amide bonds. The number of nitrogens with two attached hydrogens (primary N) is 1. The lowest BCUT2D eigenvalue weighted by Gasteiger charge is -2.12. The van der Waals surface area contributed by atoms with Gasteiger partial charge in [0.1, 0.15) is 5.75 Å². The fourth-order valence-corrected chi connectivity index (χ4v) is 1.25. The van der Waals surface area contributed by atoms with Gasteiger partial charge >= 0.3 is 5.97 Å². The lowest BCUT2D eigenvalue weighted by Crippen LogP contribution is -2.10. The number of carboxylic acid groups (broad SMARTS) is 1. The Morgan fingerprint density at radius 2 is 2.21 bits per heavy atom. The maximum absolute atomic E-state index is 10.8. The van der Waals surface area contributed by atoms with Gasteiger partial charge < -0.3 is 15.6 Å². The third-order valence-electron chi connectivity index (χ3n) is 2.16. The molecule has 1 aromatic carbocycles. The van der Waals surface area contributed by atoms with Gasteiger partial charge in [0, 0.05) is 0 Å². The summed E-state index contributed by atoms with van der Waals surface area (Å²) >= 11 is 0. The minimum atomic E-state index is -0.898. The zero-order valence-electron chi connectivity index (χ0n) is 8.15. The van der Waals surface area contributed by atoms with E-state index >= 15 is 0 Å². The summed E-state index contributed by atoms with van der Waals surface area (Å²) < 4.78 is 5.00. The maximum Gasteiger partial charge on any atom is 0.310 e. The van der Waals surface area contributed by atoms with E-state index in [1.54, 1.807) is 25.1 Å². The van der Waals surface area contributed by atoms with Gasteiger partial charge in [0.2, 0.25) is 0 Å². The standard InChI is InChI=1S/C10H13NO3/c1-6(10(12)13)7-4-3-5-8(14-2)9(7)11/h3-6H,11H2,1-2H3,(H,12,13). The van der Waals surface area contributed by atoms with E-state index in [9.17, 15) is 4.79 Å². The summed E-state index contributed by atoms with van der Waals surface area (Å²) in [5.41, 5.74) is 6.72. The number of ether oxygens (including phenoxy) is 1. The highest BCUT2D eigenvalue weighted by Crippen LogP contribution is 2.30. The normalized spacial score (nSPS) is 12.1. The highest BCUT2D eigenvalue weighted by molar-refractivity contribution is 5.79. The molecular weight excluding hydrogens is 182 g/mol. The van der Waals surface area contributed by atoms with Crippen LogP contribution in [0.5, 0.6) is 5.75 Å². The molecule has 0 spiro atoms. The predicted molar refractivity (Wildman–Crippen MR) is 53.5 cm³/mol. The monoisotopic (exact) mass is 195 g/mol. The van der Waals surface area contributed by atoms with Crippen molar-refractivity contribution in [2.45, 2.75) is 12.8 Å². The van der Waals surface area contributed by atoms with Crippen LogP contribution < -0.4 is 10.5 Å². The molecule has 76 valence electrons. The van der Waals surface area contributed by atoms with Gasteiger partial charge in [-0.15, -0.1) is 0 Å². The van der Waals surface area contributed by atoms with Crippen LogP contribution in [-0.4, -0.2) is 18.2 Å². The number of para-hydroxylation sites is 1.